The van der Waals surface area contributed by atoms with Crippen molar-refractivity contribution in [1.29, 1.82) is 0 Å². The van der Waals surface area contributed by atoms with Gasteiger partial charge in [-0.25, -0.2) is 0 Å². The van der Waals surface area contributed by atoms with Gasteiger partial charge in [0.1, 0.15) is 11.6 Å². The van der Waals surface area contributed by atoms with Gasteiger partial charge in [0.25, 0.3) is 0 Å². The average Bonchev–Trinajstić information content (AvgIpc) is 2.98. The molecule has 29 heavy (non-hydrogen) atoms. The number of alkyl halides is 3. The smallest absolute Gasteiger partial charge is 0.391 e. The van der Waals surface area contributed by atoms with Gasteiger partial charge in [0, 0.05) is 22.0 Å². The summed E-state index contributed by atoms with van der Waals surface area (Å²) in [5.41, 5.74) is -0.420. The Hall–Kier alpha value is -2.16. The van der Waals surface area contributed by atoms with E-state index < -0.39 is 11.9 Å². The maximum Gasteiger partial charge on any atom is 0.435 e. The standard InChI is InChI=1S/C19H14Cl2F3N3OS/c1-27-18(29-15-8-6-14(21)7-9-15)16(17(26-27)19(22,23)24)10-25-28-11-12-2-4-13(20)5-3-12/h2-10H,11H2,1H3/b25-10+. The second kappa shape index (κ2) is 9.11. The summed E-state index contributed by atoms with van der Waals surface area (Å²) in [4.78, 5) is 5.87. The van der Waals surface area contributed by atoms with Crippen molar-refractivity contribution >= 4 is 41.2 Å². The van der Waals surface area contributed by atoms with Crippen LogP contribution in [0.15, 0.2) is 63.6 Å². The number of nitrogens with zero attached hydrogens (tertiary/aromatic N) is 3. The highest BCUT2D eigenvalue weighted by molar-refractivity contribution is 7.99. The van der Waals surface area contributed by atoms with E-state index in [1.165, 1.54) is 11.7 Å². The molecule has 0 unspecified atom stereocenters. The monoisotopic (exact) mass is 459 g/mol. The molecule has 10 heteroatoms. The van der Waals surface area contributed by atoms with Crippen LogP contribution in [0.25, 0.3) is 0 Å². The Bertz CT molecular complexity index is 1000. The molecule has 2 aromatic carbocycles. The molecule has 0 spiro atoms. The fourth-order valence-electron chi connectivity index (χ4n) is 2.37. The summed E-state index contributed by atoms with van der Waals surface area (Å²) in [5.74, 6) is 0. The molecule has 0 aliphatic carbocycles. The van der Waals surface area contributed by atoms with Crippen LogP contribution in [0.5, 0.6) is 0 Å². The molecule has 0 bridgehead atoms. The van der Waals surface area contributed by atoms with E-state index in [4.69, 9.17) is 28.0 Å². The molecule has 0 aliphatic heterocycles. The summed E-state index contributed by atoms with van der Waals surface area (Å²) in [6.07, 6.45) is -3.60. The number of aromatic nitrogens is 2. The molecule has 0 N–H and O–H groups in total. The molecule has 4 nitrogen and oxygen atoms in total. The van der Waals surface area contributed by atoms with Crippen molar-refractivity contribution in [3.63, 3.8) is 0 Å². The van der Waals surface area contributed by atoms with Crippen LogP contribution < -0.4 is 0 Å². The number of hydrogen-bond donors (Lipinski definition) is 0. The van der Waals surface area contributed by atoms with Crippen LogP contribution in [0, 0.1) is 0 Å². The first-order valence-corrected chi connectivity index (χ1v) is 9.78. The molecule has 0 radical (unpaired) electrons. The Kier molecular flexibility index (Phi) is 6.77. The van der Waals surface area contributed by atoms with Gasteiger partial charge in [0.2, 0.25) is 0 Å². The van der Waals surface area contributed by atoms with Crippen molar-refractivity contribution in [2.45, 2.75) is 22.7 Å². The van der Waals surface area contributed by atoms with E-state index in [9.17, 15) is 13.2 Å². The lowest BCUT2D eigenvalue weighted by molar-refractivity contribution is -0.141. The summed E-state index contributed by atoms with van der Waals surface area (Å²) in [5, 5.41) is 8.73. The zero-order valence-corrected chi connectivity index (χ0v) is 17.3. The summed E-state index contributed by atoms with van der Waals surface area (Å²) >= 11 is 12.8. The van der Waals surface area contributed by atoms with Crippen molar-refractivity contribution in [3.05, 3.63) is 75.4 Å². The van der Waals surface area contributed by atoms with E-state index in [1.54, 1.807) is 48.5 Å². The Morgan fingerprint density at radius 2 is 1.66 bits per heavy atom. The van der Waals surface area contributed by atoms with E-state index in [-0.39, 0.29) is 17.2 Å². The van der Waals surface area contributed by atoms with Gasteiger partial charge in [0.05, 0.1) is 11.8 Å². The van der Waals surface area contributed by atoms with Crippen LogP contribution in [0.4, 0.5) is 13.2 Å². The maximum absolute atomic E-state index is 13.4. The van der Waals surface area contributed by atoms with Gasteiger partial charge >= 0.3 is 6.18 Å². The number of rotatable bonds is 6. The second-order valence-corrected chi connectivity index (χ2v) is 7.81. The third-order valence-corrected chi connectivity index (χ3v) is 5.42. The van der Waals surface area contributed by atoms with Crippen LogP contribution in [-0.2, 0) is 24.7 Å². The molecule has 0 atom stereocenters. The highest BCUT2D eigenvalue weighted by Gasteiger charge is 2.38. The van der Waals surface area contributed by atoms with Gasteiger partial charge in [-0.15, -0.1) is 0 Å². The Morgan fingerprint density at radius 3 is 2.24 bits per heavy atom. The molecule has 3 rings (SSSR count). The molecule has 152 valence electrons. The van der Waals surface area contributed by atoms with E-state index in [2.05, 4.69) is 10.3 Å². The van der Waals surface area contributed by atoms with Gasteiger partial charge in [0.15, 0.2) is 5.69 Å². The van der Waals surface area contributed by atoms with E-state index in [0.717, 1.165) is 23.5 Å². The lowest BCUT2D eigenvalue weighted by Gasteiger charge is -2.06. The Labute approximate surface area is 179 Å². The first kappa shape index (κ1) is 21.5. The van der Waals surface area contributed by atoms with Crippen LogP contribution in [0.1, 0.15) is 16.8 Å². The highest BCUT2D eigenvalue weighted by Crippen LogP contribution is 2.37. The fraction of sp³-hybridized carbons (Fsp3) is 0.158. The van der Waals surface area contributed by atoms with Crippen molar-refractivity contribution in [1.82, 2.24) is 9.78 Å². The highest BCUT2D eigenvalue weighted by atomic mass is 35.5. The topological polar surface area (TPSA) is 39.4 Å². The van der Waals surface area contributed by atoms with E-state index in [1.807, 2.05) is 0 Å². The molecular formula is C19H14Cl2F3N3OS. The molecule has 1 heterocycles. The van der Waals surface area contributed by atoms with Crippen LogP contribution >= 0.6 is 35.0 Å². The van der Waals surface area contributed by atoms with Gasteiger partial charge in [-0.3, -0.25) is 4.68 Å². The van der Waals surface area contributed by atoms with Crippen molar-refractivity contribution in [2.75, 3.05) is 0 Å². The maximum atomic E-state index is 13.4. The van der Waals surface area contributed by atoms with Crippen molar-refractivity contribution in [2.24, 2.45) is 12.2 Å². The van der Waals surface area contributed by atoms with Crippen LogP contribution in [0.3, 0.4) is 0 Å². The zero-order chi connectivity index (χ0) is 21.0. The molecule has 0 fully saturated rings. The fourth-order valence-corrected chi connectivity index (χ4v) is 3.55. The van der Waals surface area contributed by atoms with Crippen molar-refractivity contribution < 1.29 is 18.0 Å². The normalized spacial score (nSPS) is 11.9. The number of hydrogen-bond acceptors (Lipinski definition) is 4. The molecule has 0 saturated heterocycles. The first-order chi connectivity index (χ1) is 13.7. The lowest BCUT2D eigenvalue weighted by Crippen LogP contribution is -2.09. The van der Waals surface area contributed by atoms with E-state index >= 15 is 0 Å². The number of aryl methyl sites for hydroxylation is 1. The first-order valence-electron chi connectivity index (χ1n) is 8.21. The molecule has 0 saturated carbocycles. The number of oxime groups is 1. The molecule has 1 aromatic heterocycles. The molecule has 0 aliphatic rings. The van der Waals surface area contributed by atoms with E-state index in [0.29, 0.717) is 14.9 Å². The van der Waals surface area contributed by atoms with Gasteiger partial charge in [-0.05, 0) is 42.0 Å². The summed E-state index contributed by atoms with van der Waals surface area (Å²) in [6.45, 7) is 0.0922. The zero-order valence-electron chi connectivity index (χ0n) is 15.0. The van der Waals surface area contributed by atoms with Gasteiger partial charge in [-0.2, -0.15) is 18.3 Å². The largest absolute Gasteiger partial charge is 0.435 e. The molecule has 0 amide bonds. The van der Waals surface area contributed by atoms with Crippen molar-refractivity contribution in [3.8, 4) is 0 Å². The number of halogens is 5. The minimum atomic E-state index is -4.63. The SMILES string of the molecule is Cn1nc(C(F)(F)F)c(/C=N/OCc2ccc(Cl)cc2)c1Sc1ccc(Cl)cc1. The quantitative estimate of drug-likeness (QED) is 0.314. The average molecular weight is 460 g/mol. The van der Waals surface area contributed by atoms with Gasteiger partial charge in [-0.1, -0.05) is 52.3 Å². The minimum Gasteiger partial charge on any atom is -0.391 e. The third-order valence-electron chi connectivity index (χ3n) is 3.73. The van der Waals surface area contributed by atoms with Crippen LogP contribution in [0.2, 0.25) is 10.0 Å². The molecule has 3 aromatic rings. The summed E-state index contributed by atoms with van der Waals surface area (Å²) in [6, 6.07) is 13.6. The summed E-state index contributed by atoms with van der Waals surface area (Å²) < 4.78 is 41.5. The predicted octanol–water partition coefficient (Wildman–Crippen LogP) is 6.45. The Balaban J connectivity index is 1.84. The lowest BCUT2D eigenvalue weighted by atomic mass is 10.2. The second-order valence-electron chi connectivity index (χ2n) is 5.88. The van der Waals surface area contributed by atoms with Crippen LogP contribution in [-0.4, -0.2) is 16.0 Å². The Morgan fingerprint density at radius 1 is 1.07 bits per heavy atom. The predicted molar refractivity (Wildman–Crippen MR) is 108 cm³/mol. The van der Waals surface area contributed by atoms with Gasteiger partial charge < -0.3 is 4.84 Å². The minimum absolute atomic E-state index is 0.0922. The third kappa shape index (κ3) is 5.68. The number of benzene rings is 2. The summed E-state index contributed by atoms with van der Waals surface area (Å²) in [7, 11) is 1.44. The molecular weight excluding hydrogens is 446 g/mol.